The van der Waals surface area contributed by atoms with Gasteiger partial charge in [-0.2, -0.15) is 0 Å². The number of nitrogens with zero attached hydrogens (tertiary/aromatic N) is 1. The maximum Gasteiger partial charge on any atom is 0.253 e. The smallest absolute Gasteiger partial charge is 0.253 e. The molecule has 1 heterocycles. The first kappa shape index (κ1) is 15.6. The molecular weight excluding hydrogens is 248 g/mol. The first-order valence-electron chi connectivity index (χ1n) is 6.72. The summed E-state index contributed by atoms with van der Waals surface area (Å²) in [7, 11) is 0. The van der Waals surface area contributed by atoms with Crippen molar-refractivity contribution in [3.63, 3.8) is 0 Å². The third-order valence-electron chi connectivity index (χ3n) is 3.05. The third-order valence-corrected chi connectivity index (χ3v) is 3.05. The number of rotatable bonds is 1. The molecule has 19 heavy (non-hydrogen) atoms. The predicted octanol–water partition coefficient (Wildman–Crippen LogP) is 3.89. The number of hydrogen-bond acceptors (Lipinski definition) is 1. The van der Waals surface area contributed by atoms with Crippen LogP contribution in [-0.2, 0) is 0 Å². The van der Waals surface area contributed by atoms with E-state index in [2.05, 4.69) is 0 Å². The van der Waals surface area contributed by atoms with Crippen LogP contribution in [0.5, 0.6) is 0 Å². The molecule has 1 aliphatic heterocycles. The zero-order chi connectivity index (χ0) is 14.5. The zero-order valence-corrected chi connectivity index (χ0v) is 11.7. The van der Waals surface area contributed by atoms with Gasteiger partial charge in [-0.1, -0.05) is 31.5 Å². The topological polar surface area (TPSA) is 20.3 Å². The second-order valence-corrected chi connectivity index (χ2v) is 4.52. The summed E-state index contributed by atoms with van der Waals surface area (Å²) < 4.78 is 25.9. The van der Waals surface area contributed by atoms with Gasteiger partial charge in [0.1, 0.15) is 0 Å². The summed E-state index contributed by atoms with van der Waals surface area (Å²) in [4.78, 5) is 13.6. The molecule has 1 aromatic rings. The monoisotopic (exact) mass is 269 g/mol. The van der Waals surface area contributed by atoms with E-state index in [4.69, 9.17) is 0 Å². The van der Waals surface area contributed by atoms with Gasteiger partial charge >= 0.3 is 0 Å². The molecule has 0 N–H and O–H groups in total. The Morgan fingerprint density at radius 1 is 1.21 bits per heavy atom. The lowest BCUT2D eigenvalue weighted by Crippen LogP contribution is -2.42. The van der Waals surface area contributed by atoms with Crippen molar-refractivity contribution in [3.8, 4) is 0 Å². The molecule has 0 bridgehead atoms. The van der Waals surface area contributed by atoms with E-state index in [-0.39, 0.29) is 31.8 Å². The summed E-state index contributed by atoms with van der Waals surface area (Å²) in [5, 5.41) is 0. The molecule has 0 radical (unpaired) electrons. The number of carbonyl (C=O) groups is 1. The Morgan fingerprint density at radius 2 is 1.79 bits per heavy atom. The van der Waals surface area contributed by atoms with Crippen molar-refractivity contribution in [2.45, 2.75) is 39.5 Å². The molecule has 0 aromatic heterocycles. The first-order chi connectivity index (χ1) is 8.98. The summed E-state index contributed by atoms with van der Waals surface area (Å²) in [6.45, 7) is 6.18. The van der Waals surface area contributed by atoms with Gasteiger partial charge in [-0.15, -0.1) is 0 Å². The van der Waals surface area contributed by atoms with E-state index < -0.39 is 5.92 Å². The molecule has 1 saturated heterocycles. The van der Waals surface area contributed by atoms with Crippen molar-refractivity contribution in [2.24, 2.45) is 0 Å². The quantitative estimate of drug-likeness (QED) is 0.757. The Bertz CT molecular complexity index is 422. The number of likely N-dealkylation sites (tertiary alicyclic amines) is 1. The number of halogens is 2. The number of piperidine rings is 1. The van der Waals surface area contributed by atoms with Crippen LogP contribution in [0.4, 0.5) is 8.78 Å². The van der Waals surface area contributed by atoms with Gasteiger partial charge in [-0.3, -0.25) is 4.79 Å². The van der Waals surface area contributed by atoms with Crippen LogP contribution in [0.3, 0.4) is 0 Å². The first-order valence-corrected chi connectivity index (χ1v) is 6.72. The number of hydrogen-bond donors (Lipinski definition) is 0. The molecule has 0 saturated carbocycles. The van der Waals surface area contributed by atoms with Gasteiger partial charge in [0.15, 0.2) is 0 Å². The normalized spacial score (nSPS) is 17.4. The Labute approximate surface area is 113 Å². The molecular formula is C15H21F2NO. The van der Waals surface area contributed by atoms with Crippen LogP contribution < -0.4 is 0 Å². The zero-order valence-electron chi connectivity index (χ0n) is 11.7. The van der Waals surface area contributed by atoms with Gasteiger partial charge in [0.25, 0.3) is 11.8 Å². The van der Waals surface area contributed by atoms with E-state index in [9.17, 15) is 13.6 Å². The number of alkyl halides is 2. The predicted molar refractivity (Wildman–Crippen MR) is 72.6 cm³/mol. The average molecular weight is 269 g/mol. The Kier molecular flexibility index (Phi) is 5.45. The van der Waals surface area contributed by atoms with Gasteiger partial charge < -0.3 is 4.90 Å². The Balaban J connectivity index is 0.000000861. The van der Waals surface area contributed by atoms with Crippen LogP contribution in [0.1, 0.15) is 42.6 Å². The number of benzene rings is 1. The fourth-order valence-electron chi connectivity index (χ4n) is 2.00. The van der Waals surface area contributed by atoms with Crippen LogP contribution in [0, 0.1) is 6.92 Å². The van der Waals surface area contributed by atoms with Crippen LogP contribution in [0.15, 0.2) is 24.3 Å². The minimum atomic E-state index is -2.61. The van der Waals surface area contributed by atoms with E-state index in [1.807, 2.05) is 26.8 Å². The second-order valence-electron chi connectivity index (χ2n) is 4.52. The van der Waals surface area contributed by atoms with E-state index in [0.717, 1.165) is 5.56 Å². The summed E-state index contributed by atoms with van der Waals surface area (Å²) in [6.07, 6.45) is -0.463. The molecule has 2 nitrogen and oxygen atoms in total. The van der Waals surface area contributed by atoms with Crippen molar-refractivity contribution in [3.05, 3.63) is 35.4 Å². The van der Waals surface area contributed by atoms with Crippen LogP contribution in [-0.4, -0.2) is 29.8 Å². The molecule has 0 aliphatic carbocycles. The van der Waals surface area contributed by atoms with E-state index >= 15 is 0 Å². The summed E-state index contributed by atoms with van der Waals surface area (Å²) in [5.74, 6) is -2.76. The fourth-order valence-corrected chi connectivity index (χ4v) is 2.00. The highest BCUT2D eigenvalue weighted by atomic mass is 19.3. The van der Waals surface area contributed by atoms with Crippen molar-refractivity contribution >= 4 is 5.91 Å². The standard InChI is InChI=1S/C13H15F2NO.C2H6/c1-10-3-2-4-11(9-10)12(17)16-7-5-13(14,15)6-8-16;1-2/h2-4,9H,5-8H2,1H3;1-2H3. The van der Waals surface area contributed by atoms with Crippen molar-refractivity contribution in [1.29, 1.82) is 0 Å². The molecule has 0 spiro atoms. The molecule has 0 unspecified atom stereocenters. The van der Waals surface area contributed by atoms with Gasteiger partial charge in [-0.25, -0.2) is 8.78 Å². The molecule has 106 valence electrons. The average Bonchev–Trinajstić information content (AvgIpc) is 2.40. The SMILES string of the molecule is CC.Cc1cccc(C(=O)N2CCC(F)(F)CC2)c1. The largest absolute Gasteiger partial charge is 0.338 e. The molecule has 1 amide bonds. The highest BCUT2D eigenvalue weighted by Crippen LogP contribution is 2.28. The minimum absolute atomic E-state index is 0.139. The van der Waals surface area contributed by atoms with Crippen molar-refractivity contribution < 1.29 is 13.6 Å². The molecule has 4 heteroatoms. The minimum Gasteiger partial charge on any atom is -0.338 e. The maximum absolute atomic E-state index is 13.0. The Hall–Kier alpha value is -1.45. The van der Waals surface area contributed by atoms with E-state index in [0.29, 0.717) is 5.56 Å². The van der Waals surface area contributed by atoms with Gasteiger partial charge in [-0.05, 0) is 19.1 Å². The molecule has 2 rings (SSSR count). The number of carbonyl (C=O) groups excluding carboxylic acids is 1. The Morgan fingerprint density at radius 3 is 2.32 bits per heavy atom. The number of amides is 1. The van der Waals surface area contributed by atoms with Crippen LogP contribution in [0.25, 0.3) is 0 Å². The summed E-state index contributed by atoms with van der Waals surface area (Å²) >= 11 is 0. The van der Waals surface area contributed by atoms with Crippen LogP contribution in [0.2, 0.25) is 0 Å². The van der Waals surface area contributed by atoms with Crippen molar-refractivity contribution in [1.82, 2.24) is 4.90 Å². The third kappa shape index (κ3) is 4.30. The molecule has 1 aromatic carbocycles. The second kappa shape index (κ2) is 6.64. The van der Waals surface area contributed by atoms with E-state index in [1.54, 1.807) is 18.2 Å². The van der Waals surface area contributed by atoms with Gasteiger partial charge in [0.2, 0.25) is 0 Å². The van der Waals surface area contributed by atoms with E-state index in [1.165, 1.54) is 4.90 Å². The molecule has 0 atom stereocenters. The fraction of sp³-hybridized carbons (Fsp3) is 0.533. The summed E-state index contributed by atoms with van der Waals surface area (Å²) in [5.41, 5.74) is 1.58. The number of aryl methyl sites for hydroxylation is 1. The summed E-state index contributed by atoms with van der Waals surface area (Å²) in [6, 6.07) is 7.22. The lowest BCUT2D eigenvalue weighted by atomic mass is 10.0. The highest BCUT2D eigenvalue weighted by Gasteiger charge is 2.35. The van der Waals surface area contributed by atoms with Crippen molar-refractivity contribution in [2.75, 3.05) is 13.1 Å². The molecule has 1 aliphatic rings. The van der Waals surface area contributed by atoms with Gasteiger partial charge in [0.05, 0.1) is 0 Å². The highest BCUT2D eigenvalue weighted by molar-refractivity contribution is 5.94. The van der Waals surface area contributed by atoms with Crippen LogP contribution >= 0.6 is 0 Å². The lowest BCUT2D eigenvalue weighted by Gasteiger charge is -2.31. The van der Waals surface area contributed by atoms with Gasteiger partial charge in [0, 0.05) is 31.5 Å². The molecule has 1 fully saturated rings. The maximum atomic E-state index is 13.0. The lowest BCUT2D eigenvalue weighted by molar-refractivity contribution is -0.0494.